The molecule has 8 heteroatoms. The van der Waals surface area contributed by atoms with Crippen LogP contribution in [-0.4, -0.2) is 35.7 Å². The topological polar surface area (TPSA) is 85.1 Å². The number of benzene rings is 1. The molecule has 0 saturated carbocycles. The van der Waals surface area contributed by atoms with Crippen LogP contribution in [0, 0.1) is 6.92 Å². The van der Waals surface area contributed by atoms with Gasteiger partial charge in [-0.2, -0.15) is 4.52 Å². The molecule has 3 heterocycles. The first-order valence-electron chi connectivity index (χ1n) is 9.11. The summed E-state index contributed by atoms with van der Waals surface area (Å²) in [5, 5.41) is 8.80. The zero-order valence-corrected chi connectivity index (χ0v) is 16.5. The molecular formula is C20H20N6OS. The van der Waals surface area contributed by atoms with Gasteiger partial charge in [0.15, 0.2) is 10.8 Å². The van der Waals surface area contributed by atoms with E-state index in [1.165, 1.54) is 11.8 Å². The van der Waals surface area contributed by atoms with Crippen molar-refractivity contribution in [2.24, 2.45) is 0 Å². The smallest absolute Gasteiger partial charge is 0.233 e. The Morgan fingerprint density at radius 2 is 2.07 bits per heavy atom. The normalized spacial score (nSPS) is 12.4. The summed E-state index contributed by atoms with van der Waals surface area (Å²) in [6.07, 6.45) is 4.14. The summed E-state index contributed by atoms with van der Waals surface area (Å²) in [6.45, 7) is 4.30. The fourth-order valence-corrected chi connectivity index (χ4v) is 3.95. The molecule has 1 aromatic carbocycles. The lowest BCUT2D eigenvalue weighted by atomic mass is 10.2. The number of hydrogen-bond donors (Lipinski definition) is 1. The highest BCUT2D eigenvalue weighted by Gasteiger charge is 2.22. The summed E-state index contributed by atoms with van der Waals surface area (Å²) < 4.78 is 1.74. The van der Waals surface area contributed by atoms with Gasteiger partial charge in [-0.15, -0.1) is 5.10 Å². The summed E-state index contributed by atoms with van der Waals surface area (Å²) in [5.41, 5.74) is 2.57. The van der Waals surface area contributed by atoms with Crippen LogP contribution in [0.25, 0.3) is 16.6 Å². The molecule has 0 spiro atoms. The van der Waals surface area contributed by atoms with Crippen molar-refractivity contribution in [2.45, 2.75) is 37.2 Å². The Hall–Kier alpha value is -3.00. The molecule has 1 amide bonds. The standard InChI is InChI=1S/C20H20N6OS/c1-3-17(19(27)22-12-14-7-6-10-21-11-14)28-20-24-16-9-5-4-8-15(16)18-23-13(2)25-26(18)20/h4-11,17H,3,12H2,1-2H3,(H,22,27)/t17-/m0/s1. The molecular weight excluding hydrogens is 372 g/mol. The van der Waals surface area contributed by atoms with Gasteiger partial charge in [0.2, 0.25) is 5.91 Å². The lowest BCUT2D eigenvalue weighted by Crippen LogP contribution is -2.32. The molecule has 0 radical (unpaired) electrons. The minimum absolute atomic E-state index is 0.0312. The van der Waals surface area contributed by atoms with Crippen LogP contribution in [0.15, 0.2) is 53.9 Å². The highest BCUT2D eigenvalue weighted by Crippen LogP contribution is 2.28. The Morgan fingerprint density at radius 1 is 1.21 bits per heavy atom. The van der Waals surface area contributed by atoms with Gasteiger partial charge in [0.05, 0.1) is 10.8 Å². The van der Waals surface area contributed by atoms with Crippen molar-refractivity contribution < 1.29 is 4.79 Å². The van der Waals surface area contributed by atoms with Gasteiger partial charge in [0.25, 0.3) is 0 Å². The van der Waals surface area contributed by atoms with Crippen molar-refractivity contribution in [3.8, 4) is 0 Å². The molecule has 1 N–H and O–H groups in total. The molecule has 4 aromatic rings. The van der Waals surface area contributed by atoms with E-state index in [4.69, 9.17) is 4.98 Å². The maximum Gasteiger partial charge on any atom is 0.233 e. The maximum atomic E-state index is 12.7. The number of hydrogen-bond acceptors (Lipinski definition) is 6. The highest BCUT2D eigenvalue weighted by atomic mass is 32.2. The summed E-state index contributed by atoms with van der Waals surface area (Å²) in [7, 11) is 0. The average Bonchev–Trinajstić information content (AvgIpc) is 3.13. The van der Waals surface area contributed by atoms with Gasteiger partial charge >= 0.3 is 0 Å². The third-order valence-corrected chi connectivity index (χ3v) is 5.66. The molecule has 0 aliphatic rings. The van der Waals surface area contributed by atoms with E-state index in [0.717, 1.165) is 22.1 Å². The van der Waals surface area contributed by atoms with Crippen LogP contribution in [0.4, 0.5) is 0 Å². The molecule has 0 fully saturated rings. The van der Waals surface area contributed by atoms with E-state index in [0.29, 0.717) is 23.9 Å². The first kappa shape index (κ1) is 18.4. The van der Waals surface area contributed by atoms with E-state index >= 15 is 0 Å². The van der Waals surface area contributed by atoms with Crippen LogP contribution in [0.1, 0.15) is 24.7 Å². The molecule has 7 nitrogen and oxygen atoms in total. The lowest BCUT2D eigenvalue weighted by molar-refractivity contribution is -0.120. The van der Waals surface area contributed by atoms with Crippen molar-refractivity contribution in [3.63, 3.8) is 0 Å². The van der Waals surface area contributed by atoms with E-state index in [1.807, 2.05) is 50.2 Å². The number of aryl methyl sites for hydroxylation is 1. The van der Waals surface area contributed by atoms with Crippen LogP contribution >= 0.6 is 11.8 Å². The SMILES string of the molecule is CC[C@H](Sc1nc2ccccc2c2nc(C)nn12)C(=O)NCc1cccnc1. The Balaban J connectivity index is 1.60. The Bertz CT molecular complexity index is 1130. The van der Waals surface area contributed by atoms with Gasteiger partial charge in [-0.05, 0) is 37.1 Å². The summed E-state index contributed by atoms with van der Waals surface area (Å²) >= 11 is 1.41. The summed E-state index contributed by atoms with van der Waals surface area (Å²) in [6, 6.07) is 11.6. The number of amides is 1. The van der Waals surface area contributed by atoms with Crippen molar-refractivity contribution in [2.75, 3.05) is 0 Å². The largest absolute Gasteiger partial charge is 0.351 e. The lowest BCUT2D eigenvalue weighted by Gasteiger charge is -2.15. The fourth-order valence-electron chi connectivity index (χ4n) is 2.96. The number of rotatable bonds is 6. The van der Waals surface area contributed by atoms with E-state index in [9.17, 15) is 4.79 Å². The first-order valence-corrected chi connectivity index (χ1v) is 9.99. The minimum atomic E-state index is -0.280. The number of carbonyl (C=O) groups excluding carboxylic acids is 1. The van der Waals surface area contributed by atoms with E-state index in [-0.39, 0.29) is 11.2 Å². The monoisotopic (exact) mass is 392 g/mol. The second kappa shape index (κ2) is 7.93. The van der Waals surface area contributed by atoms with Gasteiger partial charge in [-0.3, -0.25) is 9.78 Å². The molecule has 0 aliphatic carbocycles. The van der Waals surface area contributed by atoms with Crippen LogP contribution in [-0.2, 0) is 11.3 Å². The van der Waals surface area contributed by atoms with Crippen LogP contribution in [0.3, 0.4) is 0 Å². The molecule has 4 rings (SSSR count). The van der Waals surface area contributed by atoms with Gasteiger partial charge < -0.3 is 5.32 Å². The second-order valence-corrected chi connectivity index (χ2v) is 7.57. The predicted molar refractivity (Wildman–Crippen MR) is 109 cm³/mol. The van der Waals surface area contributed by atoms with Crippen molar-refractivity contribution in [1.29, 1.82) is 0 Å². The number of para-hydroxylation sites is 1. The third-order valence-electron chi connectivity index (χ3n) is 4.36. The Morgan fingerprint density at radius 3 is 2.86 bits per heavy atom. The zero-order valence-electron chi connectivity index (χ0n) is 15.7. The number of fused-ring (bicyclic) bond motifs is 3. The van der Waals surface area contributed by atoms with Gasteiger partial charge in [0.1, 0.15) is 5.82 Å². The predicted octanol–water partition coefficient (Wildman–Crippen LogP) is 3.17. The van der Waals surface area contributed by atoms with Gasteiger partial charge in [-0.25, -0.2) is 9.97 Å². The van der Waals surface area contributed by atoms with Gasteiger partial charge in [0, 0.05) is 24.3 Å². The number of pyridine rings is 1. The molecule has 0 bridgehead atoms. The average molecular weight is 392 g/mol. The number of nitrogens with zero attached hydrogens (tertiary/aromatic N) is 5. The molecule has 3 aromatic heterocycles. The van der Waals surface area contributed by atoms with Gasteiger partial charge in [-0.1, -0.05) is 36.9 Å². The molecule has 0 unspecified atom stereocenters. The van der Waals surface area contributed by atoms with Crippen molar-refractivity contribution in [3.05, 3.63) is 60.2 Å². The molecule has 0 saturated heterocycles. The maximum absolute atomic E-state index is 12.7. The molecule has 142 valence electrons. The summed E-state index contributed by atoms with van der Waals surface area (Å²) in [5.74, 6) is 0.644. The van der Waals surface area contributed by atoms with Crippen LogP contribution in [0.2, 0.25) is 0 Å². The van der Waals surface area contributed by atoms with E-state index in [1.54, 1.807) is 16.9 Å². The third kappa shape index (κ3) is 3.68. The molecule has 0 aliphatic heterocycles. The quantitative estimate of drug-likeness (QED) is 0.401. The number of thioether (sulfide) groups is 1. The number of nitrogens with one attached hydrogen (secondary N) is 1. The highest BCUT2D eigenvalue weighted by molar-refractivity contribution is 8.00. The fraction of sp³-hybridized carbons (Fsp3) is 0.250. The molecule has 1 atom stereocenters. The summed E-state index contributed by atoms with van der Waals surface area (Å²) in [4.78, 5) is 26.1. The minimum Gasteiger partial charge on any atom is -0.351 e. The Kier molecular flexibility index (Phi) is 5.21. The zero-order chi connectivity index (χ0) is 19.5. The van der Waals surface area contributed by atoms with E-state index < -0.39 is 0 Å². The first-order chi connectivity index (χ1) is 13.7. The molecule has 28 heavy (non-hydrogen) atoms. The van der Waals surface area contributed by atoms with Crippen LogP contribution in [0.5, 0.6) is 0 Å². The van der Waals surface area contributed by atoms with Crippen molar-refractivity contribution in [1.82, 2.24) is 29.9 Å². The Labute approximate surface area is 166 Å². The second-order valence-electron chi connectivity index (χ2n) is 6.40. The van der Waals surface area contributed by atoms with Crippen molar-refractivity contribution >= 4 is 34.2 Å². The number of carbonyl (C=O) groups is 1. The van der Waals surface area contributed by atoms with E-state index in [2.05, 4.69) is 20.4 Å². The number of aromatic nitrogens is 5. The van der Waals surface area contributed by atoms with Crippen LogP contribution < -0.4 is 5.32 Å².